The van der Waals surface area contributed by atoms with E-state index >= 15 is 0 Å². The van der Waals surface area contributed by atoms with E-state index in [-0.39, 0.29) is 24.2 Å². The number of rotatable bonds is 6. The molecule has 4 amide bonds. The van der Waals surface area contributed by atoms with Crippen LogP contribution in [0.4, 0.5) is 10.5 Å². The highest BCUT2D eigenvalue weighted by molar-refractivity contribution is 5.96. The average molecular weight is 398 g/mol. The first kappa shape index (κ1) is 20.4. The number of hydrazine groups is 1. The smallest absolute Gasteiger partial charge is 0.340 e. The van der Waals surface area contributed by atoms with E-state index < -0.39 is 5.91 Å². The van der Waals surface area contributed by atoms with Crippen molar-refractivity contribution in [1.82, 2.24) is 15.3 Å². The Morgan fingerprint density at radius 3 is 2.31 bits per heavy atom. The van der Waals surface area contributed by atoms with Crippen molar-refractivity contribution in [2.45, 2.75) is 33.1 Å². The van der Waals surface area contributed by atoms with E-state index in [4.69, 9.17) is 4.42 Å². The minimum absolute atomic E-state index is 0.136. The number of benzene rings is 1. The van der Waals surface area contributed by atoms with Gasteiger partial charge in [-0.25, -0.2) is 14.8 Å². The van der Waals surface area contributed by atoms with Crippen molar-refractivity contribution < 1.29 is 18.8 Å². The highest BCUT2D eigenvalue weighted by atomic mass is 16.3. The van der Waals surface area contributed by atoms with Crippen LogP contribution < -0.4 is 10.6 Å². The Morgan fingerprint density at radius 2 is 1.69 bits per heavy atom. The quantitative estimate of drug-likeness (QED) is 0.782. The summed E-state index contributed by atoms with van der Waals surface area (Å²) in [5, 5.41) is 8.31. The monoisotopic (exact) mass is 398 g/mol. The first-order valence-corrected chi connectivity index (χ1v) is 9.86. The lowest BCUT2D eigenvalue weighted by Gasteiger charge is -2.28. The maximum atomic E-state index is 12.9. The SMILES string of the molecule is CCc1cccc(CC)c1NC(=O)N1CCCN1C(=O)CNC(=O)c1ccco1. The zero-order valence-corrected chi connectivity index (χ0v) is 16.7. The van der Waals surface area contributed by atoms with E-state index in [0.717, 1.165) is 29.7 Å². The van der Waals surface area contributed by atoms with Gasteiger partial charge in [0.25, 0.3) is 11.8 Å². The van der Waals surface area contributed by atoms with Crippen LogP contribution in [0.2, 0.25) is 0 Å². The topological polar surface area (TPSA) is 94.9 Å². The Labute approximate surface area is 169 Å². The summed E-state index contributed by atoms with van der Waals surface area (Å²) in [5.74, 6) is -0.683. The zero-order chi connectivity index (χ0) is 20.8. The molecule has 1 aromatic heterocycles. The van der Waals surface area contributed by atoms with Crippen molar-refractivity contribution in [3.63, 3.8) is 0 Å². The fourth-order valence-electron chi connectivity index (χ4n) is 3.40. The molecule has 1 aliphatic heterocycles. The molecule has 2 aromatic rings. The zero-order valence-electron chi connectivity index (χ0n) is 16.7. The molecule has 8 nitrogen and oxygen atoms in total. The molecular weight excluding hydrogens is 372 g/mol. The Hall–Kier alpha value is -3.29. The molecule has 1 aliphatic rings. The molecule has 2 heterocycles. The number of nitrogens with one attached hydrogen (secondary N) is 2. The fourth-order valence-corrected chi connectivity index (χ4v) is 3.40. The van der Waals surface area contributed by atoms with Crippen LogP contribution in [0.3, 0.4) is 0 Å². The lowest BCUT2D eigenvalue weighted by Crippen LogP contribution is -2.50. The second-order valence-corrected chi connectivity index (χ2v) is 6.74. The number of carbonyl (C=O) groups excluding carboxylic acids is 3. The van der Waals surface area contributed by atoms with Gasteiger partial charge in [-0.15, -0.1) is 0 Å². The molecule has 8 heteroatoms. The number of para-hydroxylation sites is 1. The highest BCUT2D eigenvalue weighted by Crippen LogP contribution is 2.24. The Balaban J connectivity index is 1.65. The van der Waals surface area contributed by atoms with E-state index in [1.165, 1.54) is 22.3 Å². The molecule has 3 rings (SSSR count). The lowest BCUT2D eigenvalue weighted by atomic mass is 10.0. The number of hydrogen-bond acceptors (Lipinski definition) is 4. The second kappa shape index (κ2) is 9.27. The number of furan rings is 1. The number of urea groups is 1. The van der Waals surface area contributed by atoms with Crippen molar-refractivity contribution in [3.8, 4) is 0 Å². The van der Waals surface area contributed by atoms with Gasteiger partial charge in [0.1, 0.15) is 0 Å². The molecule has 0 unspecified atom stereocenters. The van der Waals surface area contributed by atoms with Gasteiger partial charge < -0.3 is 15.1 Å². The summed E-state index contributed by atoms with van der Waals surface area (Å²) in [4.78, 5) is 37.5. The third-order valence-corrected chi connectivity index (χ3v) is 4.93. The molecule has 154 valence electrons. The molecule has 0 bridgehead atoms. The first-order valence-electron chi connectivity index (χ1n) is 9.86. The fraction of sp³-hybridized carbons (Fsp3) is 0.381. The number of amides is 4. The minimum Gasteiger partial charge on any atom is -0.459 e. The van der Waals surface area contributed by atoms with Gasteiger partial charge in [-0.05, 0) is 42.5 Å². The van der Waals surface area contributed by atoms with Crippen LogP contribution in [-0.2, 0) is 17.6 Å². The molecule has 29 heavy (non-hydrogen) atoms. The van der Waals surface area contributed by atoms with Crippen molar-refractivity contribution in [3.05, 3.63) is 53.5 Å². The van der Waals surface area contributed by atoms with E-state index in [0.29, 0.717) is 19.5 Å². The molecule has 0 spiro atoms. The summed E-state index contributed by atoms with van der Waals surface area (Å²) < 4.78 is 5.01. The van der Waals surface area contributed by atoms with Crippen LogP contribution in [0.1, 0.15) is 41.9 Å². The van der Waals surface area contributed by atoms with Crippen LogP contribution in [-0.4, -0.2) is 47.5 Å². The number of carbonyl (C=O) groups is 3. The molecule has 0 aliphatic carbocycles. The molecular formula is C21H26N4O4. The van der Waals surface area contributed by atoms with Crippen LogP contribution in [0.5, 0.6) is 0 Å². The maximum Gasteiger partial charge on any atom is 0.340 e. The predicted molar refractivity (Wildman–Crippen MR) is 108 cm³/mol. The summed E-state index contributed by atoms with van der Waals surface area (Å²) in [5.41, 5.74) is 2.92. The molecule has 0 saturated carbocycles. The normalized spacial score (nSPS) is 13.4. The molecule has 1 aromatic carbocycles. The van der Waals surface area contributed by atoms with Crippen LogP contribution in [0.25, 0.3) is 0 Å². The standard InChI is InChI=1S/C21H26N4O4/c1-3-15-8-5-9-16(4-2)19(15)23-21(28)25-12-7-11-24(25)18(26)14-22-20(27)17-10-6-13-29-17/h5-6,8-10,13H,3-4,7,11-12,14H2,1-2H3,(H,22,27)(H,23,28). The third kappa shape index (κ3) is 4.59. The minimum atomic E-state index is -0.469. The third-order valence-electron chi connectivity index (χ3n) is 4.93. The van der Waals surface area contributed by atoms with Gasteiger partial charge in [0.05, 0.1) is 12.8 Å². The summed E-state index contributed by atoms with van der Waals surface area (Å²) in [6.07, 6.45) is 3.67. The summed E-state index contributed by atoms with van der Waals surface area (Å²) in [7, 11) is 0. The molecule has 0 radical (unpaired) electrons. The van der Waals surface area contributed by atoms with Gasteiger partial charge in [0.2, 0.25) is 0 Å². The predicted octanol–water partition coefficient (Wildman–Crippen LogP) is 2.82. The van der Waals surface area contributed by atoms with Gasteiger partial charge in [-0.1, -0.05) is 32.0 Å². The van der Waals surface area contributed by atoms with Gasteiger partial charge in [0.15, 0.2) is 5.76 Å². The van der Waals surface area contributed by atoms with Gasteiger partial charge in [0, 0.05) is 18.8 Å². The molecule has 1 fully saturated rings. The first-order chi connectivity index (χ1) is 14.0. The Morgan fingerprint density at radius 1 is 1.00 bits per heavy atom. The molecule has 1 saturated heterocycles. The van der Waals surface area contributed by atoms with Crippen molar-refractivity contribution >= 4 is 23.5 Å². The van der Waals surface area contributed by atoms with E-state index in [1.54, 1.807) is 6.07 Å². The van der Waals surface area contributed by atoms with Crippen LogP contribution >= 0.6 is 0 Å². The van der Waals surface area contributed by atoms with Crippen molar-refractivity contribution in [1.29, 1.82) is 0 Å². The van der Waals surface area contributed by atoms with Gasteiger partial charge in [-0.3, -0.25) is 9.59 Å². The second-order valence-electron chi connectivity index (χ2n) is 6.74. The lowest BCUT2D eigenvalue weighted by molar-refractivity contribution is -0.138. The van der Waals surface area contributed by atoms with Gasteiger partial charge in [-0.2, -0.15) is 0 Å². The number of nitrogens with zero attached hydrogens (tertiary/aromatic N) is 2. The van der Waals surface area contributed by atoms with Crippen LogP contribution in [0.15, 0.2) is 41.0 Å². The number of aryl methyl sites for hydroxylation is 2. The number of anilines is 1. The highest BCUT2D eigenvalue weighted by Gasteiger charge is 2.31. The summed E-state index contributed by atoms with van der Waals surface area (Å²) in [6.45, 7) is 4.74. The van der Waals surface area contributed by atoms with Gasteiger partial charge >= 0.3 is 6.03 Å². The van der Waals surface area contributed by atoms with E-state index in [1.807, 2.05) is 32.0 Å². The summed E-state index contributed by atoms with van der Waals surface area (Å²) in [6, 6.07) is 8.75. The van der Waals surface area contributed by atoms with E-state index in [2.05, 4.69) is 10.6 Å². The average Bonchev–Trinajstić information content (AvgIpc) is 3.44. The van der Waals surface area contributed by atoms with E-state index in [9.17, 15) is 14.4 Å². The van der Waals surface area contributed by atoms with Crippen molar-refractivity contribution in [2.24, 2.45) is 0 Å². The molecule has 2 N–H and O–H groups in total. The number of hydrogen-bond donors (Lipinski definition) is 2. The summed E-state index contributed by atoms with van der Waals surface area (Å²) >= 11 is 0. The Bertz CT molecular complexity index is 857. The molecule has 0 atom stereocenters. The Kier molecular flexibility index (Phi) is 6.54. The van der Waals surface area contributed by atoms with Crippen LogP contribution in [0, 0.1) is 0 Å². The van der Waals surface area contributed by atoms with Crippen molar-refractivity contribution in [2.75, 3.05) is 25.0 Å². The maximum absolute atomic E-state index is 12.9. The largest absolute Gasteiger partial charge is 0.459 e.